The molecule has 2 aromatic carbocycles. The Bertz CT molecular complexity index is 1000. The van der Waals surface area contributed by atoms with E-state index in [2.05, 4.69) is 26.1 Å². The van der Waals surface area contributed by atoms with Gasteiger partial charge < -0.3 is 14.8 Å². The van der Waals surface area contributed by atoms with Crippen LogP contribution < -0.4 is 14.8 Å². The fourth-order valence-electron chi connectivity index (χ4n) is 4.48. The maximum atomic E-state index is 14.8. The van der Waals surface area contributed by atoms with Gasteiger partial charge >= 0.3 is 0 Å². The van der Waals surface area contributed by atoms with Crippen molar-refractivity contribution < 1.29 is 18.7 Å². The van der Waals surface area contributed by atoms with E-state index in [4.69, 9.17) is 9.47 Å². The highest BCUT2D eigenvalue weighted by atomic mass is 19.1. The van der Waals surface area contributed by atoms with Crippen molar-refractivity contribution >= 4 is 11.5 Å². The van der Waals surface area contributed by atoms with Crippen molar-refractivity contribution in [3.05, 3.63) is 52.8 Å². The van der Waals surface area contributed by atoms with Crippen molar-refractivity contribution in [2.75, 3.05) is 12.1 Å². The van der Waals surface area contributed by atoms with E-state index in [1.165, 1.54) is 0 Å². The molecule has 0 saturated heterocycles. The molecule has 0 radical (unpaired) electrons. The standard InChI is InChI=1S/C24H26FNO3/c1-23(2,3)21-9-15-8-14(17(25)12-18(15)26-21)10-22(27)24(6-7-24)16-4-5-19-20(11-16)29-13-28-19/h4-5,8,11-12,21,26H,6-7,9-10,13H2,1-3H3. The van der Waals surface area contributed by atoms with Crippen LogP contribution in [0.25, 0.3) is 0 Å². The third-order valence-corrected chi connectivity index (χ3v) is 6.63. The van der Waals surface area contributed by atoms with E-state index in [1.54, 1.807) is 6.07 Å². The third kappa shape index (κ3) is 3.07. The molecule has 1 fully saturated rings. The SMILES string of the molecule is CC(C)(C)C1Cc2cc(CC(=O)C3(c4ccc5c(c4)OCO5)CC3)c(F)cc2N1. The summed E-state index contributed by atoms with van der Waals surface area (Å²) in [6.07, 6.45) is 2.57. The van der Waals surface area contributed by atoms with E-state index in [9.17, 15) is 9.18 Å². The van der Waals surface area contributed by atoms with E-state index < -0.39 is 5.41 Å². The number of benzene rings is 2. The number of Topliss-reactive ketones (excluding diaryl/α,β-unsaturated/α-hetero) is 1. The number of rotatable bonds is 4. The number of carbonyl (C=O) groups excluding carboxylic acids is 1. The minimum Gasteiger partial charge on any atom is -0.454 e. The number of anilines is 1. The smallest absolute Gasteiger partial charge is 0.231 e. The molecule has 5 heteroatoms. The van der Waals surface area contributed by atoms with Crippen molar-refractivity contribution in [2.24, 2.45) is 5.41 Å². The van der Waals surface area contributed by atoms with Crippen LogP contribution in [0.1, 0.15) is 50.3 Å². The predicted octanol–water partition coefficient (Wildman–Crippen LogP) is 4.78. The van der Waals surface area contributed by atoms with Gasteiger partial charge in [-0.3, -0.25) is 4.79 Å². The Hall–Kier alpha value is -2.56. The van der Waals surface area contributed by atoms with Crippen LogP contribution in [-0.2, 0) is 23.1 Å². The molecule has 2 heterocycles. The van der Waals surface area contributed by atoms with Crippen molar-refractivity contribution in [2.45, 2.75) is 57.9 Å². The lowest BCUT2D eigenvalue weighted by molar-refractivity contribution is -0.120. The van der Waals surface area contributed by atoms with Gasteiger partial charge in [0.15, 0.2) is 11.5 Å². The molecule has 1 N–H and O–H groups in total. The normalized spacial score (nSPS) is 20.9. The first-order valence-corrected chi connectivity index (χ1v) is 10.3. The second-order valence-electron chi connectivity index (χ2n) is 9.62. The van der Waals surface area contributed by atoms with Gasteiger partial charge in [-0.2, -0.15) is 0 Å². The van der Waals surface area contributed by atoms with E-state index in [-0.39, 0.29) is 36.3 Å². The lowest BCUT2D eigenvalue weighted by atomic mass is 9.84. The average molecular weight is 395 g/mol. The summed E-state index contributed by atoms with van der Waals surface area (Å²) < 4.78 is 25.6. The van der Waals surface area contributed by atoms with E-state index in [1.807, 2.05) is 24.3 Å². The van der Waals surface area contributed by atoms with Crippen LogP contribution in [0.3, 0.4) is 0 Å². The summed E-state index contributed by atoms with van der Waals surface area (Å²) in [4.78, 5) is 13.2. The van der Waals surface area contributed by atoms with Gasteiger partial charge in [-0.25, -0.2) is 4.39 Å². The number of nitrogens with one attached hydrogen (secondary N) is 1. The first-order valence-electron chi connectivity index (χ1n) is 10.3. The van der Waals surface area contributed by atoms with Crippen molar-refractivity contribution in [1.29, 1.82) is 0 Å². The van der Waals surface area contributed by atoms with Crippen LogP contribution in [0.2, 0.25) is 0 Å². The Morgan fingerprint density at radius 1 is 1.17 bits per heavy atom. The van der Waals surface area contributed by atoms with Gasteiger partial charge in [0.25, 0.3) is 0 Å². The molecule has 4 nitrogen and oxygen atoms in total. The fourth-order valence-corrected chi connectivity index (χ4v) is 4.48. The minimum absolute atomic E-state index is 0.0774. The molecule has 1 unspecified atom stereocenters. The Kier molecular flexibility index (Phi) is 3.96. The molecule has 0 spiro atoms. The number of halogens is 1. The lowest BCUT2D eigenvalue weighted by Crippen LogP contribution is -2.31. The molecular formula is C24H26FNO3. The van der Waals surface area contributed by atoms with Crippen LogP contribution in [0.15, 0.2) is 30.3 Å². The summed E-state index contributed by atoms with van der Waals surface area (Å²) in [5.74, 6) is 1.17. The van der Waals surface area contributed by atoms with E-state index in [0.717, 1.165) is 36.1 Å². The van der Waals surface area contributed by atoms with Crippen LogP contribution >= 0.6 is 0 Å². The third-order valence-electron chi connectivity index (χ3n) is 6.63. The minimum atomic E-state index is -0.515. The van der Waals surface area contributed by atoms with Gasteiger partial charge in [0.1, 0.15) is 11.6 Å². The van der Waals surface area contributed by atoms with Gasteiger partial charge in [-0.15, -0.1) is 0 Å². The summed E-state index contributed by atoms with van der Waals surface area (Å²) in [6.45, 7) is 6.75. The van der Waals surface area contributed by atoms with Gasteiger partial charge in [-0.05, 0) is 59.6 Å². The number of carbonyl (C=O) groups is 1. The average Bonchev–Trinajstić information content (AvgIpc) is 3.15. The Morgan fingerprint density at radius 3 is 2.66 bits per heavy atom. The molecule has 152 valence electrons. The maximum absolute atomic E-state index is 14.8. The fraction of sp³-hybridized carbons (Fsp3) is 0.458. The second kappa shape index (κ2) is 6.22. The van der Waals surface area contributed by atoms with Crippen LogP contribution in [-0.4, -0.2) is 18.6 Å². The monoisotopic (exact) mass is 395 g/mol. The van der Waals surface area contributed by atoms with Crippen molar-refractivity contribution in [1.82, 2.24) is 0 Å². The Morgan fingerprint density at radius 2 is 1.93 bits per heavy atom. The Balaban J connectivity index is 1.38. The molecule has 0 aromatic heterocycles. The highest BCUT2D eigenvalue weighted by Gasteiger charge is 2.51. The molecule has 0 amide bonds. The molecule has 29 heavy (non-hydrogen) atoms. The van der Waals surface area contributed by atoms with Gasteiger partial charge in [0, 0.05) is 18.2 Å². The van der Waals surface area contributed by atoms with Gasteiger partial charge in [0.2, 0.25) is 6.79 Å². The van der Waals surface area contributed by atoms with Crippen molar-refractivity contribution in [3.8, 4) is 11.5 Å². The molecule has 1 saturated carbocycles. The number of fused-ring (bicyclic) bond motifs is 2. The highest BCUT2D eigenvalue weighted by molar-refractivity contribution is 5.95. The summed E-state index contributed by atoms with van der Waals surface area (Å²) in [5.41, 5.74) is 2.97. The van der Waals surface area contributed by atoms with Gasteiger partial charge in [0.05, 0.1) is 5.41 Å². The first kappa shape index (κ1) is 18.5. The molecule has 0 bridgehead atoms. The molecule has 1 atom stereocenters. The molecule has 2 aliphatic heterocycles. The summed E-state index contributed by atoms with van der Waals surface area (Å²) in [5, 5.41) is 3.44. The lowest BCUT2D eigenvalue weighted by Gasteiger charge is -2.27. The largest absolute Gasteiger partial charge is 0.454 e. The second-order valence-corrected chi connectivity index (χ2v) is 9.62. The summed E-state index contributed by atoms with van der Waals surface area (Å²) in [6, 6.07) is 9.42. The first-order chi connectivity index (χ1) is 13.8. The number of ether oxygens (including phenoxy) is 2. The zero-order valence-corrected chi connectivity index (χ0v) is 17.1. The quantitative estimate of drug-likeness (QED) is 0.809. The predicted molar refractivity (Wildman–Crippen MR) is 109 cm³/mol. The molecule has 1 aliphatic carbocycles. The molecule has 3 aliphatic rings. The molecule has 5 rings (SSSR count). The number of hydrogen-bond acceptors (Lipinski definition) is 4. The number of hydrogen-bond donors (Lipinski definition) is 1. The van der Waals surface area contributed by atoms with Crippen molar-refractivity contribution in [3.63, 3.8) is 0 Å². The molecular weight excluding hydrogens is 369 g/mol. The van der Waals surface area contributed by atoms with Crippen LogP contribution in [0.4, 0.5) is 10.1 Å². The molecule has 2 aromatic rings. The topological polar surface area (TPSA) is 47.6 Å². The number of ketones is 1. The Labute approximate surface area is 170 Å². The summed E-state index contributed by atoms with van der Waals surface area (Å²) in [7, 11) is 0. The highest BCUT2D eigenvalue weighted by Crippen LogP contribution is 2.51. The van der Waals surface area contributed by atoms with E-state index >= 15 is 0 Å². The maximum Gasteiger partial charge on any atom is 0.231 e. The summed E-state index contributed by atoms with van der Waals surface area (Å²) >= 11 is 0. The van der Waals surface area contributed by atoms with E-state index in [0.29, 0.717) is 17.1 Å². The zero-order valence-electron chi connectivity index (χ0n) is 17.1. The zero-order chi connectivity index (χ0) is 20.4. The van der Waals surface area contributed by atoms with Crippen LogP contribution in [0.5, 0.6) is 11.5 Å². The van der Waals surface area contributed by atoms with Crippen LogP contribution in [0, 0.1) is 11.2 Å². The van der Waals surface area contributed by atoms with Gasteiger partial charge in [-0.1, -0.05) is 32.9 Å².